The molecular formula is C13H20O6. The summed E-state index contributed by atoms with van der Waals surface area (Å²) < 4.78 is 0. The van der Waals surface area contributed by atoms with Gasteiger partial charge in [-0.15, -0.1) is 13.2 Å². The van der Waals surface area contributed by atoms with Crippen LogP contribution in [0, 0.1) is 5.92 Å². The number of carboxylic acid groups (broad SMARTS) is 3. The Hall–Kier alpha value is -2.37. The first kappa shape index (κ1) is 21.9. The molecule has 0 saturated heterocycles. The van der Waals surface area contributed by atoms with Crippen molar-refractivity contribution in [1.82, 2.24) is 0 Å². The van der Waals surface area contributed by atoms with Gasteiger partial charge in [0, 0.05) is 6.08 Å². The van der Waals surface area contributed by atoms with E-state index in [9.17, 15) is 14.4 Å². The summed E-state index contributed by atoms with van der Waals surface area (Å²) in [6.45, 7) is 9.76. The molecule has 0 aromatic rings. The molecule has 0 aliphatic carbocycles. The molecule has 0 heterocycles. The molecule has 0 aromatic heterocycles. The number of carbonyl (C=O) groups is 3. The van der Waals surface area contributed by atoms with E-state index in [1.165, 1.54) is 18.2 Å². The second-order valence-electron chi connectivity index (χ2n) is 3.09. The van der Waals surface area contributed by atoms with Crippen LogP contribution in [0.4, 0.5) is 0 Å². The second kappa shape index (κ2) is 15.6. The zero-order valence-corrected chi connectivity index (χ0v) is 11.1. The summed E-state index contributed by atoms with van der Waals surface area (Å²) in [6, 6.07) is 0. The van der Waals surface area contributed by atoms with Gasteiger partial charge in [0.05, 0.1) is 12.3 Å². The molecule has 6 nitrogen and oxygen atoms in total. The van der Waals surface area contributed by atoms with Gasteiger partial charge < -0.3 is 15.3 Å². The Morgan fingerprint density at radius 1 is 1.16 bits per heavy atom. The van der Waals surface area contributed by atoms with E-state index in [-0.39, 0.29) is 6.42 Å². The van der Waals surface area contributed by atoms with Crippen molar-refractivity contribution in [3.8, 4) is 0 Å². The van der Waals surface area contributed by atoms with E-state index in [2.05, 4.69) is 13.2 Å². The Morgan fingerprint density at radius 2 is 1.63 bits per heavy atom. The quantitative estimate of drug-likeness (QED) is 0.522. The molecule has 108 valence electrons. The maximum atomic E-state index is 9.86. The predicted octanol–water partition coefficient (Wildman–Crippen LogP) is 2.19. The monoisotopic (exact) mass is 272 g/mol. The van der Waals surface area contributed by atoms with E-state index in [1.54, 1.807) is 13.8 Å². The lowest BCUT2D eigenvalue weighted by molar-refractivity contribution is -0.139. The molecule has 1 atom stereocenters. The molecule has 1 unspecified atom stereocenters. The maximum Gasteiger partial charge on any atom is 0.327 e. The van der Waals surface area contributed by atoms with E-state index in [0.717, 1.165) is 6.08 Å². The number of carboxylic acids is 3. The molecule has 0 spiro atoms. The zero-order valence-electron chi connectivity index (χ0n) is 11.1. The summed E-state index contributed by atoms with van der Waals surface area (Å²) >= 11 is 0. The van der Waals surface area contributed by atoms with Crippen LogP contribution in [0.25, 0.3) is 0 Å². The summed E-state index contributed by atoms with van der Waals surface area (Å²) in [5.74, 6) is -2.96. The molecule has 3 N–H and O–H groups in total. The number of hydrogen-bond donors (Lipinski definition) is 3. The Labute approximate surface area is 112 Å². The molecule has 0 aliphatic rings. The van der Waals surface area contributed by atoms with Gasteiger partial charge in [-0.25, -0.2) is 4.79 Å². The molecule has 0 rings (SSSR count). The highest BCUT2D eigenvalue weighted by Crippen LogP contribution is 1.92. The van der Waals surface area contributed by atoms with Crippen LogP contribution in [0.3, 0.4) is 0 Å². The van der Waals surface area contributed by atoms with Gasteiger partial charge in [0.1, 0.15) is 0 Å². The van der Waals surface area contributed by atoms with Crippen LogP contribution in [-0.4, -0.2) is 33.2 Å². The number of hydrogen-bond acceptors (Lipinski definition) is 3. The van der Waals surface area contributed by atoms with Crippen molar-refractivity contribution in [2.24, 2.45) is 5.92 Å². The van der Waals surface area contributed by atoms with Crippen molar-refractivity contribution < 1.29 is 29.7 Å². The van der Waals surface area contributed by atoms with Crippen LogP contribution in [-0.2, 0) is 14.4 Å². The zero-order chi connectivity index (χ0) is 15.8. The Balaban J connectivity index is -0.000000203. The van der Waals surface area contributed by atoms with Gasteiger partial charge in [-0.1, -0.05) is 18.2 Å². The van der Waals surface area contributed by atoms with E-state index in [0.29, 0.717) is 0 Å². The third kappa shape index (κ3) is 31.3. The van der Waals surface area contributed by atoms with E-state index >= 15 is 0 Å². The average Bonchev–Trinajstić information content (AvgIpc) is 2.29. The Kier molecular flexibility index (Phi) is 18.0. The molecule has 6 heteroatoms. The van der Waals surface area contributed by atoms with Gasteiger partial charge in [-0.3, -0.25) is 9.59 Å². The molecule has 0 aliphatic heterocycles. The van der Waals surface area contributed by atoms with Crippen LogP contribution < -0.4 is 0 Å². The predicted molar refractivity (Wildman–Crippen MR) is 71.9 cm³/mol. The summed E-state index contributed by atoms with van der Waals surface area (Å²) in [5.41, 5.74) is 0. The van der Waals surface area contributed by atoms with Crippen LogP contribution in [0.2, 0.25) is 0 Å². The van der Waals surface area contributed by atoms with Crippen molar-refractivity contribution in [2.75, 3.05) is 0 Å². The highest BCUT2D eigenvalue weighted by atomic mass is 16.4. The number of aliphatic carboxylic acids is 3. The molecule has 0 radical (unpaired) electrons. The number of rotatable bonds is 5. The molecular weight excluding hydrogens is 252 g/mol. The second-order valence-corrected chi connectivity index (χ2v) is 3.09. The molecule has 19 heavy (non-hydrogen) atoms. The third-order valence-corrected chi connectivity index (χ3v) is 1.37. The lowest BCUT2D eigenvalue weighted by Crippen LogP contribution is -2.04. The van der Waals surface area contributed by atoms with E-state index < -0.39 is 23.8 Å². The van der Waals surface area contributed by atoms with Crippen molar-refractivity contribution in [3.05, 3.63) is 37.5 Å². The van der Waals surface area contributed by atoms with E-state index in [1.807, 2.05) is 0 Å². The Bertz CT molecular complexity index is 330. The van der Waals surface area contributed by atoms with E-state index in [4.69, 9.17) is 15.3 Å². The average molecular weight is 272 g/mol. The van der Waals surface area contributed by atoms with Crippen LogP contribution in [0.5, 0.6) is 0 Å². The Morgan fingerprint density at radius 3 is 1.63 bits per heavy atom. The van der Waals surface area contributed by atoms with Gasteiger partial charge in [0.25, 0.3) is 0 Å². The molecule has 0 amide bonds. The van der Waals surface area contributed by atoms with Gasteiger partial charge >= 0.3 is 17.9 Å². The molecule has 0 fully saturated rings. The van der Waals surface area contributed by atoms with Crippen LogP contribution in [0.1, 0.15) is 20.3 Å². The lowest BCUT2D eigenvalue weighted by Gasteiger charge is -1.92. The number of allylic oxidation sites excluding steroid dienone is 1. The first-order valence-corrected chi connectivity index (χ1v) is 5.26. The topological polar surface area (TPSA) is 112 Å². The fourth-order valence-corrected chi connectivity index (χ4v) is 0.367. The third-order valence-electron chi connectivity index (χ3n) is 1.37. The van der Waals surface area contributed by atoms with Gasteiger partial charge in [-0.05, 0) is 13.8 Å². The SMILES string of the molecule is C/C=C/C(=O)O.C=CC(C)C(=O)O.C=CCC(=O)O. The fraction of sp³-hybridized carbons (Fsp3) is 0.308. The van der Waals surface area contributed by atoms with Crippen molar-refractivity contribution in [1.29, 1.82) is 0 Å². The summed E-state index contributed by atoms with van der Waals surface area (Å²) in [6.07, 6.45) is 5.35. The van der Waals surface area contributed by atoms with Crippen molar-refractivity contribution in [2.45, 2.75) is 20.3 Å². The fourth-order valence-electron chi connectivity index (χ4n) is 0.367. The highest BCUT2D eigenvalue weighted by Gasteiger charge is 2.02. The highest BCUT2D eigenvalue weighted by molar-refractivity contribution is 5.79. The van der Waals surface area contributed by atoms with Crippen LogP contribution in [0.15, 0.2) is 37.5 Å². The first-order chi connectivity index (χ1) is 8.72. The summed E-state index contributed by atoms with van der Waals surface area (Å²) in [5, 5.41) is 23.8. The van der Waals surface area contributed by atoms with Crippen molar-refractivity contribution in [3.63, 3.8) is 0 Å². The molecule has 0 aromatic carbocycles. The lowest BCUT2D eigenvalue weighted by atomic mass is 10.2. The van der Waals surface area contributed by atoms with Gasteiger partial charge in [0.2, 0.25) is 0 Å². The minimum Gasteiger partial charge on any atom is -0.481 e. The summed E-state index contributed by atoms with van der Waals surface area (Å²) in [4.78, 5) is 28.9. The van der Waals surface area contributed by atoms with Gasteiger partial charge in [0.15, 0.2) is 0 Å². The largest absolute Gasteiger partial charge is 0.481 e. The van der Waals surface area contributed by atoms with Crippen molar-refractivity contribution >= 4 is 17.9 Å². The van der Waals surface area contributed by atoms with Gasteiger partial charge in [-0.2, -0.15) is 0 Å². The maximum absolute atomic E-state index is 9.86. The molecule has 0 saturated carbocycles. The summed E-state index contributed by atoms with van der Waals surface area (Å²) in [7, 11) is 0. The normalized spacial score (nSPS) is 10.0. The molecule has 0 bridgehead atoms. The minimum atomic E-state index is -0.891. The smallest absolute Gasteiger partial charge is 0.327 e. The standard InChI is InChI=1S/C5H8O2.2C4H6O2/c1-3-4(2)5(6)7;2*1-2-3-4(5)6/h3-4H,1H2,2H3,(H,6,7);2-3H,1H3,(H,5,6);2H,1,3H2,(H,5,6)/b;3-2+;. The first-order valence-electron chi connectivity index (χ1n) is 5.26. The minimum absolute atomic E-state index is 0.0556. The van der Waals surface area contributed by atoms with Crippen LogP contribution >= 0.6 is 0 Å².